The Balaban J connectivity index is 2.27. The summed E-state index contributed by atoms with van der Waals surface area (Å²) in [5, 5.41) is 39.9. The van der Waals surface area contributed by atoms with Crippen LogP contribution in [0, 0.1) is 0 Å². The highest BCUT2D eigenvalue weighted by Gasteiger charge is 2.47. The molecule has 0 amide bonds. The van der Waals surface area contributed by atoms with Crippen LogP contribution in [0.4, 0.5) is 0 Å². The molecule has 4 N–H and O–H groups in total. The molecule has 1 fully saturated rings. The number of carbonyl (C=O) groups excluding carboxylic acids is 2. The maximum Gasteiger partial charge on any atom is 0.335 e. The van der Waals surface area contributed by atoms with Gasteiger partial charge in [0.25, 0.3) is 0 Å². The van der Waals surface area contributed by atoms with Crippen molar-refractivity contribution in [3.63, 3.8) is 0 Å². The first-order valence-electron chi connectivity index (χ1n) is 26.1. The highest BCUT2D eigenvalue weighted by Crippen LogP contribution is 2.23. The van der Waals surface area contributed by atoms with E-state index in [0.29, 0.717) is 12.8 Å². The molecule has 0 aromatic rings. The molecule has 0 bridgehead atoms. The lowest BCUT2D eigenvalue weighted by molar-refractivity contribution is -0.298. The van der Waals surface area contributed by atoms with Crippen molar-refractivity contribution in [2.24, 2.45) is 0 Å². The Bertz CT molecular complexity index is 1040. The van der Waals surface area contributed by atoms with E-state index in [2.05, 4.69) is 13.8 Å². The lowest BCUT2D eigenvalue weighted by atomic mass is 9.99. The average Bonchev–Trinajstić information content (AvgIpc) is 3.26. The van der Waals surface area contributed by atoms with Crippen LogP contribution in [0.25, 0.3) is 0 Å². The fourth-order valence-electron chi connectivity index (χ4n) is 8.35. The molecule has 0 radical (unpaired) electrons. The maximum atomic E-state index is 12.8. The summed E-state index contributed by atoms with van der Waals surface area (Å²) in [5.74, 6) is -2.42. The molecular formula is C51H96O11. The fraction of sp³-hybridized carbons (Fsp3) is 0.941. The van der Waals surface area contributed by atoms with Crippen LogP contribution in [0.1, 0.15) is 258 Å². The van der Waals surface area contributed by atoms with Gasteiger partial charge < -0.3 is 39.4 Å². The number of aliphatic hydroxyl groups excluding tert-OH is 3. The zero-order valence-electron chi connectivity index (χ0n) is 39.9. The number of hydrogen-bond acceptors (Lipinski definition) is 10. The number of carboxylic acids is 1. The molecule has 0 aromatic carbocycles. The highest BCUT2D eigenvalue weighted by molar-refractivity contribution is 5.73. The van der Waals surface area contributed by atoms with Crippen molar-refractivity contribution in [3.8, 4) is 0 Å². The molecule has 0 aromatic heterocycles. The second-order valence-corrected chi connectivity index (χ2v) is 18.4. The Labute approximate surface area is 378 Å². The third kappa shape index (κ3) is 32.8. The number of hydrogen-bond donors (Lipinski definition) is 4. The Morgan fingerprint density at radius 3 is 1.10 bits per heavy atom. The van der Waals surface area contributed by atoms with Gasteiger partial charge in [-0.1, -0.05) is 232 Å². The first-order chi connectivity index (χ1) is 30.2. The molecule has 366 valence electrons. The summed E-state index contributed by atoms with van der Waals surface area (Å²) >= 11 is 0. The van der Waals surface area contributed by atoms with E-state index in [1.54, 1.807) is 0 Å². The van der Waals surface area contributed by atoms with Gasteiger partial charge in [0.1, 0.15) is 24.9 Å². The van der Waals surface area contributed by atoms with Crippen molar-refractivity contribution in [1.82, 2.24) is 0 Å². The molecule has 0 aliphatic carbocycles. The van der Waals surface area contributed by atoms with Gasteiger partial charge in [-0.2, -0.15) is 0 Å². The van der Waals surface area contributed by atoms with Crippen molar-refractivity contribution < 1.29 is 53.8 Å². The van der Waals surface area contributed by atoms with Crippen LogP contribution in [-0.4, -0.2) is 88.4 Å². The molecule has 11 heteroatoms. The minimum atomic E-state index is -1.86. The molecule has 6 unspecified atom stereocenters. The lowest BCUT2D eigenvalue weighted by Crippen LogP contribution is -2.60. The van der Waals surface area contributed by atoms with Crippen LogP contribution in [0.15, 0.2) is 0 Å². The normalized spacial score (nSPS) is 19.4. The Morgan fingerprint density at radius 1 is 0.435 bits per heavy atom. The lowest BCUT2D eigenvalue weighted by Gasteiger charge is -2.38. The molecule has 1 rings (SSSR count). The van der Waals surface area contributed by atoms with Crippen LogP contribution in [0.3, 0.4) is 0 Å². The number of esters is 2. The Hall–Kier alpha value is -1.79. The number of aliphatic hydroxyl groups is 3. The molecule has 6 atom stereocenters. The summed E-state index contributed by atoms with van der Waals surface area (Å²) in [6.07, 6.45) is 35.8. The van der Waals surface area contributed by atoms with E-state index in [0.717, 1.165) is 38.5 Å². The molecule has 0 saturated carbocycles. The number of carboxylic acid groups (broad SMARTS) is 1. The number of ether oxygens (including phenoxy) is 4. The Morgan fingerprint density at radius 2 is 0.758 bits per heavy atom. The Kier molecular flexibility index (Phi) is 39.3. The first-order valence-corrected chi connectivity index (χ1v) is 26.1. The maximum absolute atomic E-state index is 12.8. The predicted octanol–water partition coefficient (Wildman–Crippen LogP) is 12.2. The quantitative estimate of drug-likeness (QED) is 0.0339. The van der Waals surface area contributed by atoms with E-state index >= 15 is 0 Å². The van der Waals surface area contributed by atoms with Gasteiger partial charge in [0.2, 0.25) is 0 Å². The number of carbonyl (C=O) groups is 3. The van der Waals surface area contributed by atoms with Crippen molar-refractivity contribution in [1.29, 1.82) is 0 Å². The van der Waals surface area contributed by atoms with Gasteiger partial charge in [0, 0.05) is 12.8 Å². The molecule has 1 aliphatic heterocycles. The van der Waals surface area contributed by atoms with Crippen molar-refractivity contribution >= 4 is 17.9 Å². The summed E-state index contributed by atoms with van der Waals surface area (Å²) in [6.45, 7) is 3.87. The van der Waals surface area contributed by atoms with Gasteiger partial charge in [-0.3, -0.25) is 9.59 Å². The van der Waals surface area contributed by atoms with Crippen LogP contribution >= 0.6 is 0 Å². The molecule has 1 saturated heterocycles. The van der Waals surface area contributed by atoms with Crippen LogP contribution in [-0.2, 0) is 33.3 Å². The predicted molar refractivity (Wildman–Crippen MR) is 248 cm³/mol. The minimum Gasteiger partial charge on any atom is -0.479 e. The molecule has 0 spiro atoms. The average molecular weight is 885 g/mol. The van der Waals surface area contributed by atoms with Crippen molar-refractivity contribution in [2.45, 2.75) is 295 Å². The van der Waals surface area contributed by atoms with E-state index in [9.17, 15) is 34.8 Å². The molecular weight excluding hydrogens is 789 g/mol. The van der Waals surface area contributed by atoms with Gasteiger partial charge >= 0.3 is 17.9 Å². The summed E-state index contributed by atoms with van der Waals surface area (Å²) in [7, 11) is 0. The van der Waals surface area contributed by atoms with E-state index < -0.39 is 54.7 Å². The summed E-state index contributed by atoms with van der Waals surface area (Å²) in [4.78, 5) is 37.0. The van der Waals surface area contributed by atoms with Gasteiger partial charge in [-0.15, -0.1) is 0 Å². The van der Waals surface area contributed by atoms with Crippen molar-refractivity contribution in [3.05, 3.63) is 0 Å². The highest BCUT2D eigenvalue weighted by atomic mass is 16.7. The zero-order chi connectivity index (χ0) is 45.3. The van der Waals surface area contributed by atoms with Gasteiger partial charge in [0.05, 0.1) is 6.61 Å². The standard InChI is InChI=1S/C51H96O11/c1-3-5-7-9-11-13-15-17-19-21-22-24-25-27-29-31-33-35-37-39-44(52)59-41-43(42-60-51-48(56)46(54)47(55)49(62-51)50(57)58)61-45(53)40-38-36-34-32-30-28-26-23-20-18-16-14-12-10-8-6-4-2/h43,46-49,51,54-56H,3-42H2,1-2H3,(H,57,58). The van der Waals surface area contributed by atoms with E-state index in [1.807, 2.05) is 0 Å². The molecule has 1 heterocycles. The van der Waals surface area contributed by atoms with E-state index in [-0.39, 0.29) is 26.1 Å². The van der Waals surface area contributed by atoms with Gasteiger partial charge in [-0.05, 0) is 12.8 Å². The topological polar surface area (TPSA) is 169 Å². The van der Waals surface area contributed by atoms with E-state index in [4.69, 9.17) is 18.9 Å². The van der Waals surface area contributed by atoms with Crippen LogP contribution < -0.4 is 0 Å². The molecule has 11 nitrogen and oxygen atoms in total. The van der Waals surface area contributed by atoms with Crippen LogP contribution in [0.5, 0.6) is 0 Å². The third-order valence-corrected chi connectivity index (χ3v) is 12.5. The molecule has 62 heavy (non-hydrogen) atoms. The van der Waals surface area contributed by atoms with Crippen molar-refractivity contribution in [2.75, 3.05) is 13.2 Å². The number of unbranched alkanes of at least 4 members (excludes halogenated alkanes) is 34. The van der Waals surface area contributed by atoms with E-state index in [1.165, 1.54) is 180 Å². The summed E-state index contributed by atoms with van der Waals surface area (Å²) < 4.78 is 21.8. The first kappa shape index (κ1) is 58.2. The fourth-order valence-corrected chi connectivity index (χ4v) is 8.35. The molecule has 1 aliphatic rings. The largest absolute Gasteiger partial charge is 0.479 e. The number of aliphatic carboxylic acids is 1. The summed E-state index contributed by atoms with van der Waals surface area (Å²) in [6, 6.07) is 0. The third-order valence-electron chi connectivity index (χ3n) is 12.5. The second kappa shape index (κ2) is 41.9. The zero-order valence-corrected chi connectivity index (χ0v) is 39.9. The second-order valence-electron chi connectivity index (χ2n) is 18.4. The monoisotopic (exact) mass is 885 g/mol. The van der Waals surface area contributed by atoms with Crippen LogP contribution in [0.2, 0.25) is 0 Å². The smallest absolute Gasteiger partial charge is 0.335 e. The van der Waals surface area contributed by atoms with Gasteiger partial charge in [-0.25, -0.2) is 4.79 Å². The van der Waals surface area contributed by atoms with Gasteiger partial charge in [0.15, 0.2) is 18.5 Å². The summed E-state index contributed by atoms with van der Waals surface area (Å²) in [5.41, 5.74) is 0. The SMILES string of the molecule is CCCCCCCCCCCCCCCCCCCCCC(=O)OCC(COC1OC(C(=O)O)C(O)C(O)C1O)OC(=O)CCCCCCCCCCCCCCCCCCC. The number of rotatable bonds is 45. The minimum absolute atomic E-state index is 0.191.